The molecule has 0 aliphatic rings. The van der Waals surface area contributed by atoms with Gasteiger partial charge in [-0.1, -0.05) is 0 Å². The molecule has 0 saturated heterocycles. The number of methoxy groups -OCH3 is 2. The van der Waals surface area contributed by atoms with Crippen molar-refractivity contribution < 1.29 is 184 Å². The molecule has 0 atom stereocenters. The van der Waals surface area contributed by atoms with Crippen LogP contribution in [0.4, 0.5) is 26.3 Å². The van der Waals surface area contributed by atoms with Gasteiger partial charge in [-0.15, -0.1) is 4.33 Å². The van der Waals surface area contributed by atoms with Crippen molar-refractivity contribution in [1.29, 1.82) is 0 Å². The minimum Gasteiger partial charge on any atom is -1.00 e. The van der Waals surface area contributed by atoms with Crippen LogP contribution in [-0.4, -0.2) is 104 Å². The molecule has 0 bridgehead atoms. The van der Waals surface area contributed by atoms with Gasteiger partial charge in [0.1, 0.15) is 9.63 Å². The van der Waals surface area contributed by atoms with Gasteiger partial charge in [0.25, 0.3) is 6.47 Å². The Kier molecular flexibility index (Phi) is 43.7. The molecule has 0 unspecified atom stereocenters. The van der Waals surface area contributed by atoms with E-state index in [0.717, 1.165) is 48.9 Å². The number of carbonyl (C=O) groups is 2. The predicted octanol–water partition coefficient (Wildman–Crippen LogP) is -2.04. The summed E-state index contributed by atoms with van der Waals surface area (Å²) in [4.78, 5) is 23.7. The second-order valence-corrected chi connectivity index (χ2v) is 14.9. The molecule has 18 nitrogen and oxygen atoms in total. The molecule has 2 heterocycles. The largest absolute Gasteiger partial charge is 1.00 e. The number of H-pyrrole nitrogens is 1. The molecule has 5 rings (SSSR count). The van der Waals surface area contributed by atoms with Crippen LogP contribution in [0.2, 0.25) is 0 Å². The molecule has 0 amide bonds. The van der Waals surface area contributed by atoms with Crippen LogP contribution in [0.1, 0.15) is 18.7 Å². The van der Waals surface area contributed by atoms with Crippen molar-refractivity contribution in [3.8, 4) is 22.5 Å². The van der Waals surface area contributed by atoms with Crippen molar-refractivity contribution >= 4 is 21.9 Å². The molecule has 0 fully saturated rings. The monoisotopic (exact) mass is 982 g/mol. The molecule has 0 aliphatic heterocycles. The molecule has 348 valence electrons. The third-order valence-electron chi connectivity index (χ3n) is 6.06. The average molecular weight is 983 g/mol. The SMILES string of the molecule is CC(=O)c1ccc(F)c(F)c1.COC(OC)N(C)C.CS(C)(=O)(O)OO.Cn1ccc(-c2ccc(F)c(F)c2)n1.Fc1ccc(-c2ccn[nH]2)cc1F.NN.O.O=CO[O-].[CH3-].[H-].[K+].[K+]. The number of hydrogen-bond acceptors (Lipinski definition) is 14. The fourth-order valence-corrected chi connectivity index (χ4v) is 3.54. The fraction of sp³-hybridized carbons (Fsp3) is 0.250. The van der Waals surface area contributed by atoms with Gasteiger partial charge in [-0.25, -0.2) is 35.8 Å². The van der Waals surface area contributed by atoms with Crippen LogP contribution in [0.5, 0.6) is 0 Å². The smallest absolute Gasteiger partial charge is 1.00 e. The Bertz CT molecular complexity index is 2050. The molecule has 0 radical (unpaired) electrons. The summed E-state index contributed by atoms with van der Waals surface area (Å²) in [7, 11) is 4.69. The number of benzene rings is 3. The van der Waals surface area contributed by atoms with E-state index in [1.165, 1.54) is 25.1 Å². The van der Waals surface area contributed by atoms with Crippen molar-refractivity contribution in [3.05, 3.63) is 127 Å². The van der Waals surface area contributed by atoms with Gasteiger partial charge in [0, 0.05) is 62.9 Å². The van der Waals surface area contributed by atoms with E-state index >= 15 is 0 Å². The minimum atomic E-state index is -4.06. The van der Waals surface area contributed by atoms with Crippen molar-refractivity contribution in [1.82, 2.24) is 24.9 Å². The predicted molar refractivity (Wildman–Crippen MR) is 213 cm³/mol. The first-order chi connectivity index (χ1) is 27.5. The number of aryl methyl sites for hydroxylation is 1. The molecule has 9 N–H and O–H groups in total. The second kappa shape index (κ2) is 38.0. The van der Waals surface area contributed by atoms with Crippen LogP contribution < -0.4 is 120 Å². The Morgan fingerprint density at radius 2 is 1.29 bits per heavy atom. The molecule has 0 spiro atoms. The number of nitrogens with one attached hydrogen (secondary N) is 1. The normalized spacial score (nSPS) is 10.0. The summed E-state index contributed by atoms with van der Waals surface area (Å²) < 4.78 is 109. The Hall–Kier alpha value is -2.18. The Morgan fingerprint density at radius 1 is 0.873 bits per heavy atom. The van der Waals surface area contributed by atoms with Gasteiger partial charge in [-0.05, 0) is 87.7 Å². The van der Waals surface area contributed by atoms with E-state index in [1.807, 2.05) is 19.0 Å². The number of hydrazine groups is 1. The maximum absolute atomic E-state index is 12.9. The number of ether oxygens (including phenoxy) is 2. The molecule has 0 aliphatic carbocycles. The number of hydrogen-bond donors (Lipinski definition) is 5. The fourth-order valence-electron chi connectivity index (χ4n) is 3.54. The van der Waals surface area contributed by atoms with E-state index in [9.17, 15) is 35.3 Å². The van der Waals surface area contributed by atoms with Gasteiger partial charge < -0.3 is 38.5 Å². The van der Waals surface area contributed by atoms with Gasteiger partial charge in [-0.2, -0.15) is 10.2 Å². The molecular formula is C36H52F6K2N7O11S-. The Balaban J connectivity index is -0.000000123. The maximum atomic E-state index is 12.9. The van der Waals surface area contributed by atoms with Crippen LogP contribution in [0.15, 0.2) is 79.1 Å². The van der Waals surface area contributed by atoms with E-state index in [1.54, 1.807) is 50.5 Å². The number of Topliss-reactive ketones (excluding diaryl/α,β-unsaturated/α-hetero) is 1. The van der Waals surface area contributed by atoms with Crippen LogP contribution in [-0.2, 0) is 40.2 Å². The van der Waals surface area contributed by atoms with E-state index in [0.29, 0.717) is 22.5 Å². The van der Waals surface area contributed by atoms with Gasteiger partial charge in [0.15, 0.2) is 40.7 Å². The molecule has 2 aromatic heterocycles. The molecular weight excluding hydrogens is 931 g/mol. The summed E-state index contributed by atoms with van der Waals surface area (Å²) in [5, 5.41) is 26.5. The number of ketones is 1. The number of nitrogens with two attached hydrogens (primary N) is 2. The molecule has 0 saturated carbocycles. The molecule has 27 heteroatoms. The van der Waals surface area contributed by atoms with Crippen LogP contribution >= 0.6 is 0 Å². The van der Waals surface area contributed by atoms with Crippen LogP contribution in [0.25, 0.3) is 22.5 Å². The molecule has 3 aromatic carbocycles. The van der Waals surface area contributed by atoms with E-state index in [4.69, 9.17) is 29.3 Å². The van der Waals surface area contributed by atoms with E-state index < -0.39 is 44.5 Å². The summed E-state index contributed by atoms with van der Waals surface area (Å²) >= 11 is 0. The van der Waals surface area contributed by atoms with Crippen molar-refractivity contribution in [2.24, 2.45) is 18.7 Å². The number of halogens is 6. The van der Waals surface area contributed by atoms with Gasteiger partial charge in [-0.3, -0.25) is 36.0 Å². The third-order valence-corrected chi connectivity index (χ3v) is 6.49. The third kappa shape index (κ3) is 33.0. The van der Waals surface area contributed by atoms with Gasteiger partial charge >= 0.3 is 103 Å². The van der Waals surface area contributed by atoms with Crippen molar-refractivity contribution in [2.75, 3.05) is 40.8 Å². The van der Waals surface area contributed by atoms with Gasteiger partial charge in [0.05, 0.1) is 11.4 Å². The quantitative estimate of drug-likeness (QED) is 0.0129. The zero-order valence-electron chi connectivity index (χ0n) is 37.4. The first-order valence-corrected chi connectivity index (χ1v) is 18.5. The number of rotatable bonds is 8. The summed E-state index contributed by atoms with van der Waals surface area (Å²) in [5.41, 5.74) is 2.63. The number of aromatic amines is 1. The molecule has 5 aromatic rings. The number of carbonyl (C=O) groups excluding carboxylic acids is 2. The summed E-state index contributed by atoms with van der Waals surface area (Å²) in [6.45, 7) is 1.12. The van der Waals surface area contributed by atoms with Crippen molar-refractivity contribution in [3.63, 3.8) is 0 Å². The van der Waals surface area contributed by atoms with Crippen LogP contribution in [0, 0.1) is 42.3 Å². The number of aromatic nitrogens is 4. The first kappa shape index (κ1) is 72.4. The Morgan fingerprint density at radius 3 is 1.57 bits per heavy atom. The van der Waals surface area contributed by atoms with Gasteiger partial charge in [0.2, 0.25) is 6.41 Å². The Labute approximate surface area is 447 Å². The van der Waals surface area contributed by atoms with E-state index in [-0.39, 0.29) is 141 Å². The van der Waals surface area contributed by atoms with Crippen LogP contribution in [0.3, 0.4) is 0 Å². The zero-order chi connectivity index (χ0) is 46.0. The molecule has 63 heavy (non-hydrogen) atoms. The zero-order valence-corrected chi connectivity index (χ0v) is 43.5. The summed E-state index contributed by atoms with van der Waals surface area (Å²) in [6, 6.07) is 13.9. The first-order valence-electron chi connectivity index (χ1n) is 15.8. The maximum Gasteiger partial charge on any atom is 1.00 e. The minimum absolute atomic E-state index is 0. The second-order valence-electron chi connectivity index (χ2n) is 11.5. The average Bonchev–Trinajstić information content (AvgIpc) is 3.89. The topological polar surface area (TPSA) is 285 Å². The summed E-state index contributed by atoms with van der Waals surface area (Å²) in [6.07, 6.45) is 4.89. The number of nitrogens with zero attached hydrogens (tertiary/aromatic N) is 4. The standard InChI is InChI=1S/C10H8F2N2.C9H6F2N2.C8H6F2O.C5H13NO2.C2H8O4S.CH2O3.CH3.2K.H4N2.H2O.H/c1-14-5-4-10(13-14)7-2-3-8(11)9(12)6-7;10-7-2-1-6(5-8(7)11)9-3-4-12-13-9;1-5(11)6-2-3-7(9)8(10)4-6;1-6(2)5(7-3)8-4;1-7(2,4,5)6-3;2-1-4-3;;;;1-2;;/h2-6H,1H3;1-5H,(H,12,13);2-4H,1H3;5H,1-4H3;3H,1-2H3,(H,4,5);1,3H;1H3;;;1-2H2;1H2;/q;;;;;;-1;2*+1;;;-1/p-1. The van der Waals surface area contributed by atoms with Crippen molar-refractivity contribution in [2.45, 2.75) is 13.3 Å². The summed E-state index contributed by atoms with van der Waals surface area (Å²) in [5.74, 6) is 2.41. The van der Waals surface area contributed by atoms with E-state index in [2.05, 4.69) is 36.2 Å².